The van der Waals surface area contributed by atoms with E-state index in [9.17, 15) is 18.8 Å². The number of halogens is 1. The van der Waals surface area contributed by atoms with Crippen LogP contribution in [0.1, 0.15) is 78.4 Å². The molecule has 1 aromatic heterocycles. The van der Waals surface area contributed by atoms with E-state index in [4.69, 9.17) is 5.41 Å². The third-order valence-electron chi connectivity index (χ3n) is 7.76. The zero-order valence-corrected chi connectivity index (χ0v) is 25.2. The van der Waals surface area contributed by atoms with Crippen LogP contribution in [0.3, 0.4) is 0 Å². The normalized spacial score (nSPS) is 15.0. The quantitative estimate of drug-likeness (QED) is 0.129. The Morgan fingerprint density at radius 1 is 1.13 bits per heavy atom. The van der Waals surface area contributed by atoms with Gasteiger partial charge < -0.3 is 31.2 Å². The molecular weight excluding hydrogens is 573 g/mol. The highest BCUT2D eigenvalue weighted by molar-refractivity contribution is 6.35. The molecule has 3 amide bonds. The number of rotatable bonds is 11. The average Bonchev–Trinajstić information content (AvgIpc) is 3.96. The van der Waals surface area contributed by atoms with Gasteiger partial charge in [0.25, 0.3) is 5.91 Å². The van der Waals surface area contributed by atoms with E-state index in [2.05, 4.69) is 38.1 Å². The maximum absolute atomic E-state index is 14.7. The number of benzene rings is 2. The van der Waals surface area contributed by atoms with Crippen LogP contribution in [0.4, 0.5) is 4.39 Å². The van der Waals surface area contributed by atoms with Gasteiger partial charge in [-0.3, -0.25) is 14.4 Å². The summed E-state index contributed by atoms with van der Waals surface area (Å²) in [6, 6.07) is 12.0. The fourth-order valence-electron chi connectivity index (χ4n) is 4.90. The molecule has 45 heavy (non-hydrogen) atoms. The van der Waals surface area contributed by atoms with Gasteiger partial charge in [-0.1, -0.05) is 24.1 Å². The predicted molar refractivity (Wildman–Crippen MR) is 168 cm³/mol. The van der Waals surface area contributed by atoms with Crippen LogP contribution in [0.15, 0.2) is 61.1 Å². The van der Waals surface area contributed by atoms with Gasteiger partial charge in [0, 0.05) is 54.6 Å². The zero-order chi connectivity index (χ0) is 32.0. The number of allylic oxidation sites excluding steroid dienone is 1. The summed E-state index contributed by atoms with van der Waals surface area (Å²) in [6.07, 6.45) is 9.81. The van der Waals surface area contributed by atoms with Crippen LogP contribution in [0, 0.1) is 23.1 Å². The van der Waals surface area contributed by atoms with Crippen molar-refractivity contribution in [3.8, 4) is 11.8 Å². The van der Waals surface area contributed by atoms with E-state index < -0.39 is 23.2 Å². The Kier molecular flexibility index (Phi) is 9.42. The Bertz CT molecular complexity index is 1710. The summed E-state index contributed by atoms with van der Waals surface area (Å²) in [6.45, 7) is 3.93. The molecule has 2 aromatic carbocycles. The molecule has 0 atom stereocenters. The molecule has 1 heterocycles. The number of carbonyl (C=O) groups is 3. The van der Waals surface area contributed by atoms with Crippen molar-refractivity contribution in [2.45, 2.75) is 63.7 Å². The summed E-state index contributed by atoms with van der Waals surface area (Å²) in [5.74, 6) is 3.73. The first-order valence-electron chi connectivity index (χ1n) is 15.0. The Morgan fingerprint density at radius 3 is 2.60 bits per heavy atom. The third kappa shape index (κ3) is 7.84. The van der Waals surface area contributed by atoms with Gasteiger partial charge in [-0.05, 0) is 86.4 Å². The number of imidazole rings is 1. The lowest BCUT2D eigenvalue weighted by Gasteiger charge is -2.20. The fraction of sp³-hybridized carbons (Fsp3) is 0.324. The first-order valence-corrected chi connectivity index (χ1v) is 15.0. The van der Waals surface area contributed by atoms with Crippen molar-refractivity contribution >= 4 is 29.5 Å². The van der Waals surface area contributed by atoms with Gasteiger partial charge in [0.2, 0.25) is 0 Å². The zero-order valence-electron chi connectivity index (χ0n) is 25.2. The lowest BCUT2D eigenvalue weighted by molar-refractivity contribution is -0.139. The molecule has 2 saturated carbocycles. The summed E-state index contributed by atoms with van der Waals surface area (Å²) in [5, 5.41) is 19.2. The molecule has 2 fully saturated rings. The number of amides is 3. The monoisotopic (exact) mass is 609 g/mol. The minimum absolute atomic E-state index is 0.0335. The van der Waals surface area contributed by atoms with Gasteiger partial charge >= 0.3 is 11.8 Å². The summed E-state index contributed by atoms with van der Waals surface area (Å²) < 4.78 is 16.6. The largest absolute Gasteiger partial charge is 0.388 e. The number of nitrogens with zero attached hydrogens (tertiary/aromatic N) is 2. The van der Waals surface area contributed by atoms with Crippen molar-refractivity contribution in [3.05, 3.63) is 95.0 Å². The molecule has 2 aliphatic rings. The van der Waals surface area contributed by atoms with E-state index in [0.717, 1.165) is 12.8 Å². The standard InChI is InChI=1S/C34H36FN7O3/c1-22(2)42-15-14-37-30(42)8-5-13-38-32(44)33(45)40-20-23-6-3-4-7-29(23)31(43)41-34(11-12-34)26-16-24(17-27(35)18-26)25(19-36)21-39-28-9-10-28/h3-4,6-7,14-19,21-22,28,36,39H,9-13,20H2,1-2H3,(H,38,44)(H,40,45)(H,41,43)/b25-21+,36-19?. The Hall–Kier alpha value is -5.24. The molecule has 0 unspecified atom stereocenters. The molecule has 3 aromatic rings. The summed E-state index contributed by atoms with van der Waals surface area (Å²) in [7, 11) is 0. The number of hydrogen-bond acceptors (Lipinski definition) is 6. The molecule has 2 aliphatic carbocycles. The average molecular weight is 610 g/mol. The molecule has 232 valence electrons. The van der Waals surface area contributed by atoms with E-state index >= 15 is 0 Å². The van der Waals surface area contributed by atoms with Crippen LogP contribution in [-0.2, 0) is 21.7 Å². The van der Waals surface area contributed by atoms with Gasteiger partial charge in [-0.25, -0.2) is 9.37 Å². The van der Waals surface area contributed by atoms with Crippen LogP contribution < -0.4 is 21.3 Å². The van der Waals surface area contributed by atoms with Crippen molar-refractivity contribution in [3.63, 3.8) is 0 Å². The lowest BCUT2D eigenvalue weighted by atomic mass is 9.97. The molecule has 11 heteroatoms. The van der Waals surface area contributed by atoms with E-state index in [1.165, 1.54) is 18.3 Å². The maximum Gasteiger partial charge on any atom is 0.310 e. The topological polar surface area (TPSA) is 141 Å². The molecule has 0 bridgehead atoms. The van der Waals surface area contributed by atoms with Crippen LogP contribution in [0.5, 0.6) is 0 Å². The minimum atomic E-state index is -0.854. The lowest BCUT2D eigenvalue weighted by Crippen LogP contribution is -2.40. The van der Waals surface area contributed by atoms with Gasteiger partial charge in [-0.2, -0.15) is 0 Å². The first kappa shape index (κ1) is 31.2. The van der Waals surface area contributed by atoms with E-state index in [1.54, 1.807) is 36.7 Å². The minimum Gasteiger partial charge on any atom is -0.388 e. The molecule has 0 saturated heterocycles. The fourth-order valence-corrected chi connectivity index (χ4v) is 4.90. The highest BCUT2D eigenvalue weighted by Crippen LogP contribution is 2.46. The van der Waals surface area contributed by atoms with Crippen LogP contribution in [0.25, 0.3) is 5.57 Å². The Balaban J connectivity index is 1.20. The third-order valence-corrected chi connectivity index (χ3v) is 7.76. The van der Waals surface area contributed by atoms with Crippen LogP contribution >= 0.6 is 0 Å². The molecule has 0 radical (unpaired) electrons. The Labute approximate surface area is 261 Å². The van der Waals surface area contributed by atoms with Crippen molar-refractivity contribution < 1.29 is 18.8 Å². The van der Waals surface area contributed by atoms with E-state index in [-0.39, 0.29) is 25.0 Å². The first-order chi connectivity index (χ1) is 21.7. The van der Waals surface area contributed by atoms with Gasteiger partial charge in [0.1, 0.15) is 5.82 Å². The number of nitrogens with one attached hydrogen (secondary N) is 5. The molecule has 0 aliphatic heterocycles. The smallest absolute Gasteiger partial charge is 0.310 e. The van der Waals surface area contributed by atoms with Gasteiger partial charge in [0.15, 0.2) is 5.82 Å². The van der Waals surface area contributed by atoms with Gasteiger partial charge in [-0.15, -0.1) is 0 Å². The van der Waals surface area contributed by atoms with Crippen molar-refractivity contribution in [2.75, 3.05) is 6.54 Å². The number of carbonyl (C=O) groups excluding carboxylic acids is 3. The highest BCUT2D eigenvalue weighted by Gasteiger charge is 2.46. The summed E-state index contributed by atoms with van der Waals surface area (Å²) in [5.41, 5.74) is 1.86. The highest BCUT2D eigenvalue weighted by atomic mass is 19.1. The molecule has 5 rings (SSSR count). The Morgan fingerprint density at radius 2 is 1.89 bits per heavy atom. The maximum atomic E-state index is 14.7. The van der Waals surface area contributed by atoms with E-state index in [1.807, 2.05) is 30.7 Å². The second-order valence-corrected chi connectivity index (χ2v) is 11.5. The number of hydrogen-bond donors (Lipinski definition) is 5. The molecule has 0 spiro atoms. The second kappa shape index (κ2) is 13.6. The molecular formula is C34H36FN7O3. The number of aromatic nitrogens is 2. The molecule has 5 N–H and O–H groups in total. The van der Waals surface area contributed by atoms with Crippen molar-refractivity contribution in [1.29, 1.82) is 5.41 Å². The van der Waals surface area contributed by atoms with Crippen LogP contribution in [-0.4, -0.2) is 46.1 Å². The van der Waals surface area contributed by atoms with Crippen LogP contribution in [0.2, 0.25) is 0 Å². The SMILES string of the molecule is CC(C)n1ccnc1C#CCNC(=O)C(=O)NCc1ccccc1C(=O)NC1(c2cc(F)cc(/C(C=N)=C/NC3CC3)c2)CC1. The van der Waals surface area contributed by atoms with E-state index in [0.29, 0.717) is 52.5 Å². The van der Waals surface area contributed by atoms with Crippen molar-refractivity contribution in [1.82, 2.24) is 30.8 Å². The van der Waals surface area contributed by atoms with Gasteiger partial charge in [0.05, 0.1) is 12.1 Å². The second-order valence-electron chi connectivity index (χ2n) is 11.5. The summed E-state index contributed by atoms with van der Waals surface area (Å²) >= 11 is 0. The summed E-state index contributed by atoms with van der Waals surface area (Å²) in [4.78, 5) is 42.5. The predicted octanol–water partition coefficient (Wildman–Crippen LogP) is 3.55. The van der Waals surface area contributed by atoms with Crippen molar-refractivity contribution in [2.24, 2.45) is 0 Å². The molecule has 10 nitrogen and oxygen atoms in total.